The third-order valence-electron chi connectivity index (χ3n) is 5.17. The van der Waals surface area contributed by atoms with Crippen LogP contribution in [0, 0.1) is 3.57 Å². The lowest BCUT2D eigenvalue weighted by Gasteiger charge is -2.09. The number of fused-ring (bicyclic) bond motifs is 1. The molecular formula is C24H20ClIN2O2. The normalized spacial score (nSPS) is 12.1. The zero-order chi connectivity index (χ0) is 21.3. The summed E-state index contributed by atoms with van der Waals surface area (Å²) in [5.41, 5.74) is 4.66. The maximum absolute atomic E-state index is 12.7. The number of rotatable bonds is 5. The number of carbonyl (C=O) groups is 1. The molecule has 1 amide bonds. The fraction of sp³-hybridized carbons (Fsp3) is 0.167. The first-order valence-electron chi connectivity index (χ1n) is 9.72. The fourth-order valence-corrected chi connectivity index (χ4v) is 4.00. The molecule has 3 aromatic carbocycles. The fourth-order valence-electron chi connectivity index (χ4n) is 3.20. The van der Waals surface area contributed by atoms with Gasteiger partial charge in [0.2, 0.25) is 5.89 Å². The van der Waals surface area contributed by atoms with Crippen molar-refractivity contribution >= 4 is 56.9 Å². The van der Waals surface area contributed by atoms with Crippen molar-refractivity contribution in [3.63, 3.8) is 0 Å². The van der Waals surface area contributed by atoms with E-state index in [1.165, 1.54) is 5.56 Å². The summed E-state index contributed by atoms with van der Waals surface area (Å²) in [5.74, 6) is 0.746. The zero-order valence-electron chi connectivity index (χ0n) is 16.6. The van der Waals surface area contributed by atoms with Crippen molar-refractivity contribution in [1.29, 1.82) is 0 Å². The van der Waals surface area contributed by atoms with Crippen LogP contribution in [0.5, 0.6) is 0 Å². The lowest BCUT2D eigenvalue weighted by molar-refractivity contribution is 0.102. The van der Waals surface area contributed by atoms with Crippen LogP contribution in [0.2, 0.25) is 5.02 Å². The summed E-state index contributed by atoms with van der Waals surface area (Å²) in [4.78, 5) is 17.4. The number of hydrogen-bond donors (Lipinski definition) is 1. The Morgan fingerprint density at radius 3 is 2.73 bits per heavy atom. The maximum atomic E-state index is 12.7. The molecule has 1 atom stereocenters. The van der Waals surface area contributed by atoms with Gasteiger partial charge in [-0.15, -0.1) is 0 Å². The molecule has 0 spiro atoms. The molecule has 6 heteroatoms. The number of amides is 1. The van der Waals surface area contributed by atoms with E-state index in [1.807, 2.05) is 30.3 Å². The summed E-state index contributed by atoms with van der Waals surface area (Å²) in [7, 11) is 0. The molecule has 0 saturated carbocycles. The Kier molecular flexibility index (Phi) is 6.11. The van der Waals surface area contributed by atoms with E-state index in [4.69, 9.17) is 16.0 Å². The predicted molar refractivity (Wildman–Crippen MR) is 130 cm³/mol. The molecule has 1 aromatic heterocycles. The van der Waals surface area contributed by atoms with Gasteiger partial charge in [-0.2, -0.15) is 0 Å². The zero-order valence-corrected chi connectivity index (χ0v) is 19.5. The van der Waals surface area contributed by atoms with Gasteiger partial charge in [-0.25, -0.2) is 4.98 Å². The number of carbonyl (C=O) groups excluding carboxylic acids is 1. The molecule has 0 saturated heterocycles. The Bertz CT molecular complexity index is 1240. The van der Waals surface area contributed by atoms with Crippen LogP contribution in [-0.2, 0) is 0 Å². The first-order chi connectivity index (χ1) is 14.5. The summed E-state index contributed by atoms with van der Waals surface area (Å²) in [6.45, 7) is 4.37. The monoisotopic (exact) mass is 530 g/mol. The third-order valence-corrected chi connectivity index (χ3v) is 6.44. The van der Waals surface area contributed by atoms with E-state index in [0.29, 0.717) is 28.1 Å². The van der Waals surface area contributed by atoms with Crippen LogP contribution in [0.4, 0.5) is 5.69 Å². The second-order valence-electron chi connectivity index (χ2n) is 7.18. The lowest BCUT2D eigenvalue weighted by Crippen LogP contribution is -2.13. The van der Waals surface area contributed by atoms with E-state index in [2.05, 4.69) is 58.9 Å². The number of nitrogens with zero attached hydrogens (tertiary/aromatic N) is 1. The third kappa shape index (κ3) is 4.23. The van der Waals surface area contributed by atoms with Crippen LogP contribution in [0.1, 0.15) is 42.1 Å². The van der Waals surface area contributed by atoms with Crippen LogP contribution in [0.3, 0.4) is 0 Å². The first-order valence-corrected chi connectivity index (χ1v) is 11.2. The van der Waals surface area contributed by atoms with Crippen LogP contribution < -0.4 is 5.32 Å². The Balaban J connectivity index is 1.66. The number of halogens is 2. The number of oxazole rings is 1. The summed E-state index contributed by atoms with van der Waals surface area (Å²) in [5, 5.41) is 3.35. The maximum Gasteiger partial charge on any atom is 0.256 e. The molecule has 152 valence electrons. The van der Waals surface area contributed by atoms with Gasteiger partial charge < -0.3 is 9.73 Å². The Morgan fingerprint density at radius 2 is 1.97 bits per heavy atom. The molecule has 0 fully saturated rings. The minimum Gasteiger partial charge on any atom is -0.436 e. The van der Waals surface area contributed by atoms with E-state index in [9.17, 15) is 4.79 Å². The summed E-state index contributed by atoms with van der Waals surface area (Å²) in [6, 6.07) is 18.9. The molecule has 0 aliphatic heterocycles. The van der Waals surface area contributed by atoms with Crippen molar-refractivity contribution in [2.24, 2.45) is 0 Å². The van der Waals surface area contributed by atoms with Crippen molar-refractivity contribution in [3.05, 3.63) is 80.4 Å². The molecule has 0 aliphatic rings. The van der Waals surface area contributed by atoms with E-state index < -0.39 is 0 Å². The van der Waals surface area contributed by atoms with E-state index in [0.717, 1.165) is 26.7 Å². The van der Waals surface area contributed by atoms with Crippen molar-refractivity contribution in [2.45, 2.75) is 26.2 Å². The second-order valence-corrected chi connectivity index (χ2v) is 8.75. The summed E-state index contributed by atoms with van der Waals surface area (Å²) < 4.78 is 6.83. The number of nitrogens with one attached hydrogen (secondary N) is 1. The van der Waals surface area contributed by atoms with E-state index in [-0.39, 0.29) is 5.91 Å². The highest BCUT2D eigenvalue weighted by molar-refractivity contribution is 14.1. The molecule has 4 rings (SSSR count). The SMILES string of the molecule is CC[C@H](C)c1ccc2oc(-c3ccc(Cl)c(NC(=O)c4ccccc4I)c3)nc2c1. The minimum absolute atomic E-state index is 0.213. The van der Waals surface area contributed by atoms with Crippen molar-refractivity contribution < 1.29 is 9.21 Å². The standard InChI is InChI=1S/C24H20ClIN2O2/c1-3-14(2)15-9-11-22-21(12-15)28-24(30-22)16-8-10-18(25)20(13-16)27-23(29)17-6-4-5-7-19(17)26/h4-14H,3H2,1-2H3,(H,27,29)/t14-/m0/s1. The highest BCUT2D eigenvalue weighted by atomic mass is 127. The number of anilines is 1. The van der Waals surface area contributed by atoms with Gasteiger partial charge in [-0.1, -0.05) is 43.6 Å². The molecule has 30 heavy (non-hydrogen) atoms. The molecular weight excluding hydrogens is 511 g/mol. The Hall–Kier alpha value is -2.38. The van der Waals surface area contributed by atoms with Gasteiger partial charge in [0.25, 0.3) is 5.91 Å². The van der Waals surface area contributed by atoms with Gasteiger partial charge in [0.15, 0.2) is 5.58 Å². The van der Waals surface area contributed by atoms with Gasteiger partial charge in [-0.05, 0) is 83.0 Å². The number of aromatic nitrogens is 1. The second kappa shape index (κ2) is 8.78. The van der Waals surface area contributed by atoms with Crippen molar-refractivity contribution in [3.8, 4) is 11.5 Å². The predicted octanol–water partition coefficient (Wildman–Crippen LogP) is 7.52. The first kappa shape index (κ1) is 20.9. The smallest absolute Gasteiger partial charge is 0.256 e. The summed E-state index contributed by atoms with van der Waals surface area (Å²) >= 11 is 8.48. The molecule has 1 heterocycles. The van der Waals surface area contributed by atoms with Gasteiger partial charge in [0.1, 0.15) is 5.52 Å². The quantitative estimate of drug-likeness (QED) is 0.272. The molecule has 4 nitrogen and oxygen atoms in total. The highest BCUT2D eigenvalue weighted by Crippen LogP contribution is 2.32. The summed E-state index contributed by atoms with van der Waals surface area (Å²) in [6.07, 6.45) is 1.07. The highest BCUT2D eigenvalue weighted by Gasteiger charge is 2.15. The van der Waals surface area contributed by atoms with E-state index in [1.54, 1.807) is 18.2 Å². The Labute approximate surface area is 193 Å². The topological polar surface area (TPSA) is 55.1 Å². The van der Waals surface area contributed by atoms with Crippen LogP contribution in [-0.4, -0.2) is 10.9 Å². The lowest BCUT2D eigenvalue weighted by atomic mass is 9.98. The molecule has 0 unspecified atom stereocenters. The molecule has 0 radical (unpaired) electrons. The number of hydrogen-bond acceptors (Lipinski definition) is 3. The average molecular weight is 531 g/mol. The minimum atomic E-state index is -0.213. The van der Waals surface area contributed by atoms with E-state index >= 15 is 0 Å². The van der Waals surface area contributed by atoms with Crippen LogP contribution in [0.25, 0.3) is 22.6 Å². The van der Waals surface area contributed by atoms with Gasteiger partial charge in [-0.3, -0.25) is 4.79 Å². The molecule has 1 N–H and O–H groups in total. The largest absolute Gasteiger partial charge is 0.436 e. The van der Waals surface area contributed by atoms with Crippen molar-refractivity contribution in [1.82, 2.24) is 4.98 Å². The molecule has 0 bridgehead atoms. The van der Waals surface area contributed by atoms with Crippen LogP contribution in [0.15, 0.2) is 65.1 Å². The molecule has 0 aliphatic carbocycles. The molecule has 4 aromatic rings. The van der Waals surface area contributed by atoms with Crippen molar-refractivity contribution in [2.75, 3.05) is 5.32 Å². The average Bonchev–Trinajstić information content (AvgIpc) is 3.18. The Morgan fingerprint density at radius 1 is 1.17 bits per heavy atom. The van der Waals surface area contributed by atoms with Gasteiger partial charge in [0.05, 0.1) is 16.3 Å². The number of benzene rings is 3. The van der Waals surface area contributed by atoms with Gasteiger partial charge >= 0.3 is 0 Å². The van der Waals surface area contributed by atoms with Gasteiger partial charge in [0, 0.05) is 9.13 Å². The van der Waals surface area contributed by atoms with Crippen LogP contribution >= 0.6 is 34.2 Å².